The third-order valence-electron chi connectivity index (χ3n) is 4.90. The molecule has 0 aliphatic carbocycles. The van der Waals surface area contributed by atoms with Crippen LogP contribution in [0, 0.1) is 0 Å². The molecule has 0 saturated carbocycles. The lowest BCUT2D eigenvalue weighted by Crippen LogP contribution is -2.41. The Kier molecular flexibility index (Phi) is 5.44. The van der Waals surface area contributed by atoms with E-state index in [-0.39, 0.29) is 18.9 Å². The zero-order chi connectivity index (χ0) is 19.4. The summed E-state index contributed by atoms with van der Waals surface area (Å²) >= 11 is 0. The fourth-order valence-corrected chi connectivity index (χ4v) is 3.20. The van der Waals surface area contributed by atoms with Crippen molar-refractivity contribution in [2.24, 2.45) is 0 Å². The van der Waals surface area contributed by atoms with E-state index in [1.807, 2.05) is 49.4 Å². The predicted molar refractivity (Wildman–Crippen MR) is 102 cm³/mol. The van der Waals surface area contributed by atoms with Gasteiger partial charge in [-0.25, -0.2) is 4.79 Å². The minimum Gasteiger partial charge on any atom is -0.466 e. The molecule has 1 heterocycles. The zero-order valence-electron chi connectivity index (χ0n) is 15.7. The van der Waals surface area contributed by atoms with Gasteiger partial charge >= 0.3 is 12.0 Å². The molecule has 0 radical (unpaired) electrons. The van der Waals surface area contributed by atoms with Crippen LogP contribution in [-0.2, 0) is 19.9 Å². The second-order valence-corrected chi connectivity index (χ2v) is 6.90. The summed E-state index contributed by atoms with van der Waals surface area (Å²) in [5.74, 6) is -0.757. The van der Waals surface area contributed by atoms with Gasteiger partial charge in [0.25, 0.3) is 5.91 Å². The highest BCUT2D eigenvalue weighted by molar-refractivity contribution is 6.07. The van der Waals surface area contributed by atoms with E-state index in [4.69, 9.17) is 4.74 Å². The van der Waals surface area contributed by atoms with Gasteiger partial charge in [-0.3, -0.25) is 14.5 Å². The summed E-state index contributed by atoms with van der Waals surface area (Å²) in [4.78, 5) is 38.2. The van der Waals surface area contributed by atoms with Crippen molar-refractivity contribution in [3.63, 3.8) is 0 Å². The van der Waals surface area contributed by atoms with Crippen LogP contribution in [0.15, 0.2) is 42.5 Å². The molecule has 2 aromatic carbocycles. The molecule has 3 amide bonds. The number of amides is 3. The molecule has 0 bridgehead atoms. The minimum absolute atomic E-state index is 0.00330. The van der Waals surface area contributed by atoms with E-state index >= 15 is 0 Å². The van der Waals surface area contributed by atoms with E-state index in [0.717, 1.165) is 28.5 Å². The topological polar surface area (TPSA) is 75.7 Å². The second kappa shape index (κ2) is 7.78. The lowest BCUT2D eigenvalue weighted by molar-refractivity contribution is -0.144. The third kappa shape index (κ3) is 3.79. The first-order chi connectivity index (χ1) is 13.0. The van der Waals surface area contributed by atoms with Crippen LogP contribution in [0.2, 0.25) is 0 Å². The number of carbonyl (C=O) groups is 3. The molecule has 2 aromatic rings. The van der Waals surface area contributed by atoms with Crippen LogP contribution in [0.1, 0.15) is 38.7 Å². The van der Waals surface area contributed by atoms with Crippen molar-refractivity contribution in [2.45, 2.75) is 38.6 Å². The van der Waals surface area contributed by atoms with Crippen molar-refractivity contribution in [3.05, 3.63) is 48.0 Å². The van der Waals surface area contributed by atoms with E-state index in [1.165, 1.54) is 0 Å². The molecule has 142 valence electrons. The molecule has 6 nitrogen and oxygen atoms in total. The molecule has 27 heavy (non-hydrogen) atoms. The fourth-order valence-electron chi connectivity index (χ4n) is 3.20. The van der Waals surface area contributed by atoms with E-state index < -0.39 is 17.5 Å². The van der Waals surface area contributed by atoms with Crippen LogP contribution in [0.3, 0.4) is 0 Å². The summed E-state index contributed by atoms with van der Waals surface area (Å²) in [6.45, 7) is 4.08. The quantitative estimate of drug-likeness (QED) is 0.462. The number of ether oxygens (including phenoxy) is 1. The first kappa shape index (κ1) is 18.9. The molecular weight excluding hydrogens is 344 g/mol. The summed E-state index contributed by atoms with van der Waals surface area (Å²) in [5, 5.41) is 4.83. The van der Waals surface area contributed by atoms with Gasteiger partial charge in [0.05, 0.1) is 13.0 Å². The number of hydrogen-bond acceptors (Lipinski definition) is 4. The number of benzene rings is 2. The largest absolute Gasteiger partial charge is 0.466 e. The highest BCUT2D eigenvalue weighted by atomic mass is 16.5. The van der Waals surface area contributed by atoms with E-state index in [0.29, 0.717) is 12.2 Å². The minimum atomic E-state index is -1.15. The number of urea groups is 1. The maximum atomic E-state index is 12.9. The van der Waals surface area contributed by atoms with Gasteiger partial charge in [0, 0.05) is 6.54 Å². The van der Waals surface area contributed by atoms with Gasteiger partial charge in [0.2, 0.25) is 0 Å². The lowest BCUT2D eigenvalue weighted by atomic mass is 9.90. The van der Waals surface area contributed by atoms with Crippen LogP contribution in [0.4, 0.5) is 4.79 Å². The number of nitrogens with one attached hydrogen (secondary N) is 1. The van der Waals surface area contributed by atoms with Gasteiger partial charge in [-0.2, -0.15) is 0 Å². The number of imide groups is 1. The van der Waals surface area contributed by atoms with Crippen molar-refractivity contribution >= 4 is 28.7 Å². The van der Waals surface area contributed by atoms with Crippen molar-refractivity contribution in [3.8, 4) is 0 Å². The molecule has 1 fully saturated rings. The first-order valence-corrected chi connectivity index (χ1v) is 9.24. The monoisotopic (exact) mass is 368 g/mol. The van der Waals surface area contributed by atoms with Crippen molar-refractivity contribution in [2.75, 3.05) is 13.2 Å². The number of rotatable bonds is 7. The molecule has 0 spiro atoms. The molecule has 3 rings (SSSR count). The molecule has 0 aromatic heterocycles. The highest BCUT2D eigenvalue weighted by Gasteiger charge is 2.48. The SMILES string of the molecule is CCCCOC(=O)CCN1C(=O)N[C@](C)(c2ccc3ccccc3c2)C1=O. The Balaban J connectivity index is 1.72. The average molecular weight is 368 g/mol. The Morgan fingerprint density at radius 1 is 1.15 bits per heavy atom. The normalized spacial score (nSPS) is 19.4. The second-order valence-electron chi connectivity index (χ2n) is 6.90. The predicted octanol–water partition coefficient (Wildman–Crippen LogP) is 3.34. The smallest absolute Gasteiger partial charge is 0.325 e. The Morgan fingerprint density at radius 3 is 2.63 bits per heavy atom. The molecule has 1 saturated heterocycles. The summed E-state index contributed by atoms with van der Waals surface area (Å²) in [7, 11) is 0. The maximum Gasteiger partial charge on any atom is 0.325 e. The van der Waals surface area contributed by atoms with Gasteiger partial charge in [-0.05, 0) is 35.7 Å². The summed E-state index contributed by atoms with van der Waals surface area (Å²) < 4.78 is 5.09. The molecular formula is C21H24N2O4. The molecule has 1 aliphatic rings. The third-order valence-corrected chi connectivity index (χ3v) is 4.90. The number of hydrogen-bond donors (Lipinski definition) is 1. The maximum absolute atomic E-state index is 12.9. The average Bonchev–Trinajstić information content (AvgIpc) is 2.89. The van der Waals surface area contributed by atoms with E-state index in [2.05, 4.69) is 5.32 Å². The number of unbranched alkanes of at least 4 members (excludes halogenated alkanes) is 1. The Labute approximate surface area is 158 Å². The number of esters is 1. The van der Waals surface area contributed by atoms with E-state index in [9.17, 15) is 14.4 Å². The Morgan fingerprint density at radius 2 is 1.89 bits per heavy atom. The summed E-state index contributed by atoms with van der Waals surface area (Å²) in [6.07, 6.45) is 1.73. The van der Waals surface area contributed by atoms with Crippen LogP contribution >= 0.6 is 0 Å². The fraction of sp³-hybridized carbons (Fsp3) is 0.381. The number of fused-ring (bicyclic) bond motifs is 1. The molecule has 1 atom stereocenters. The van der Waals surface area contributed by atoms with Crippen LogP contribution in [0.5, 0.6) is 0 Å². The first-order valence-electron chi connectivity index (χ1n) is 9.24. The highest BCUT2D eigenvalue weighted by Crippen LogP contribution is 2.31. The molecule has 1 aliphatic heterocycles. The zero-order valence-corrected chi connectivity index (χ0v) is 15.7. The van der Waals surface area contributed by atoms with Gasteiger partial charge in [0.1, 0.15) is 5.54 Å². The van der Waals surface area contributed by atoms with E-state index in [1.54, 1.807) is 6.92 Å². The Hall–Kier alpha value is -2.89. The standard InChI is InChI=1S/C21H24N2O4/c1-3-4-13-27-18(24)11-12-23-19(25)21(2,22-20(23)26)17-10-9-15-7-5-6-8-16(15)14-17/h5-10,14H,3-4,11-13H2,1-2H3,(H,22,26)/t21-/m1/s1. The van der Waals surface area contributed by atoms with Crippen molar-refractivity contribution < 1.29 is 19.1 Å². The van der Waals surface area contributed by atoms with Crippen LogP contribution < -0.4 is 5.32 Å². The molecule has 1 N–H and O–H groups in total. The number of carbonyl (C=O) groups excluding carboxylic acids is 3. The van der Waals surface area contributed by atoms with Gasteiger partial charge in [-0.1, -0.05) is 49.7 Å². The van der Waals surface area contributed by atoms with Gasteiger partial charge in [-0.15, -0.1) is 0 Å². The lowest BCUT2D eigenvalue weighted by Gasteiger charge is -2.22. The Bertz CT molecular complexity index is 879. The van der Waals surface area contributed by atoms with Gasteiger partial charge < -0.3 is 10.1 Å². The molecule has 0 unspecified atom stereocenters. The summed E-state index contributed by atoms with van der Waals surface area (Å²) in [6, 6.07) is 13.0. The van der Waals surface area contributed by atoms with Gasteiger partial charge in [0.15, 0.2) is 0 Å². The number of nitrogens with zero attached hydrogens (tertiary/aromatic N) is 1. The van der Waals surface area contributed by atoms with Crippen molar-refractivity contribution in [1.29, 1.82) is 0 Å². The van der Waals surface area contributed by atoms with Crippen molar-refractivity contribution in [1.82, 2.24) is 10.2 Å². The van der Waals surface area contributed by atoms with Crippen LogP contribution in [-0.4, -0.2) is 36.0 Å². The molecule has 6 heteroatoms. The van der Waals surface area contributed by atoms with Crippen LogP contribution in [0.25, 0.3) is 10.8 Å². The summed E-state index contributed by atoms with van der Waals surface area (Å²) in [5.41, 5.74) is -0.430.